The fourth-order valence-corrected chi connectivity index (χ4v) is 3.58. The van der Waals surface area contributed by atoms with Crippen molar-refractivity contribution in [3.63, 3.8) is 0 Å². The van der Waals surface area contributed by atoms with Gasteiger partial charge in [0.2, 0.25) is 6.10 Å². The molecule has 1 N–H and O–H groups in total. The number of hydrogen-bond donors (Lipinski definition) is 1. The van der Waals surface area contributed by atoms with Gasteiger partial charge in [0.25, 0.3) is 5.91 Å². The SMILES string of the molecule is CCOC(=O)c1cc(-c2cccc(NC(=O)[C@H](OC(C)=O)c3ccccc3)c2)n(-c2ccccn2)n1. The van der Waals surface area contributed by atoms with E-state index in [4.69, 9.17) is 9.47 Å². The zero-order valence-corrected chi connectivity index (χ0v) is 19.8. The smallest absolute Gasteiger partial charge is 0.358 e. The van der Waals surface area contributed by atoms with E-state index >= 15 is 0 Å². The van der Waals surface area contributed by atoms with E-state index in [0.717, 1.165) is 0 Å². The van der Waals surface area contributed by atoms with E-state index in [1.807, 2.05) is 18.2 Å². The summed E-state index contributed by atoms with van der Waals surface area (Å²) in [6.45, 7) is 3.19. The van der Waals surface area contributed by atoms with Crippen molar-refractivity contribution in [2.75, 3.05) is 11.9 Å². The fourth-order valence-electron chi connectivity index (χ4n) is 3.58. The van der Waals surface area contributed by atoms with E-state index in [2.05, 4.69) is 15.4 Å². The summed E-state index contributed by atoms with van der Waals surface area (Å²) in [6.07, 6.45) is 0.516. The number of rotatable bonds is 8. The lowest BCUT2D eigenvalue weighted by Gasteiger charge is -2.17. The normalized spacial score (nSPS) is 11.4. The van der Waals surface area contributed by atoms with Crippen molar-refractivity contribution in [3.8, 4) is 17.1 Å². The minimum Gasteiger partial charge on any atom is -0.461 e. The van der Waals surface area contributed by atoms with Crippen molar-refractivity contribution in [2.45, 2.75) is 20.0 Å². The average molecular weight is 485 g/mol. The van der Waals surface area contributed by atoms with Gasteiger partial charge in [-0.15, -0.1) is 0 Å². The number of anilines is 1. The predicted molar refractivity (Wildman–Crippen MR) is 132 cm³/mol. The molecule has 0 aliphatic rings. The third-order valence-electron chi connectivity index (χ3n) is 5.11. The Labute approximate surface area is 207 Å². The second-order valence-electron chi connectivity index (χ2n) is 7.71. The minimum absolute atomic E-state index is 0.131. The van der Waals surface area contributed by atoms with Crippen molar-refractivity contribution in [1.82, 2.24) is 14.8 Å². The highest BCUT2D eigenvalue weighted by molar-refractivity contribution is 5.96. The number of aromatic nitrogens is 3. The van der Waals surface area contributed by atoms with Crippen LogP contribution in [0.5, 0.6) is 0 Å². The third kappa shape index (κ3) is 5.64. The Morgan fingerprint density at radius 1 is 0.972 bits per heavy atom. The van der Waals surface area contributed by atoms with Crippen LogP contribution in [-0.2, 0) is 19.1 Å². The van der Waals surface area contributed by atoms with Gasteiger partial charge in [-0.3, -0.25) is 9.59 Å². The van der Waals surface area contributed by atoms with Gasteiger partial charge >= 0.3 is 11.9 Å². The molecule has 0 saturated carbocycles. The number of nitrogens with one attached hydrogen (secondary N) is 1. The van der Waals surface area contributed by atoms with Crippen LogP contribution in [0.2, 0.25) is 0 Å². The molecule has 36 heavy (non-hydrogen) atoms. The summed E-state index contributed by atoms with van der Waals surface area (Å²) in [5.74, 6) is -1.11. The maximum absolute atomic E-state index is 13.1. The quantitative estimate of drug-likeness (QED) is 0.370. The first-order valence-electron chi connectivity index (χ1n) is 11.3. The van der Waals surface area contributed by atoms with Gasteiger partial charge < -0.3 is 14.8 Å². The molecule has 4 rings (SSSR count). The standard InChI is InChI=1S/C27H24N4O5/c1-3-35-27(34)22-17-23(31(30-22)24-14-7-8-15-28-24)20-12-9-13-21(16-20)29-26(33)25(36-18(2)32)19-10-5-4-6-11-19/h4-17,25H,3H2,1-2H3,(H,29,33)/t25-/m1/s1. The summed E-state index contributed by atoms with van der Waals surface area (Å²) in [5.41, 5.74) is 2.40. The van der Waals surface area contributed by atoms with E-state index in [0.29, 0.717) is 28.3 Å². The zero-order valence-electron chi connectivity index (χ0n) is 19.8. The summed E-state index contributed by atoms with van der Waals surface area (Å²) < 4.78 is 11.9. The highest BCUT2D eigenvalue weighted by Gasteiger charge is 2.24. The topological polar surface area (TPSA) is 112 Å². The lowest BCUT2D eigenvalue weighted by molar-refractivity contribution is -0.152. The monoisotopic (exact) mass is 484 g/mol. The van der Waals surface area contributed by atoms with Crippen LogP contribution >= 0.6 is 0 Å². The number of benzene rings is 2. The molecule has 182 valence electrons. The van der Waals surface area contributed by atoms with Crippen molar-refractivity contribution in [2.24, 2.45) is 0 Å². The lowest BCUT2D eigenvalue weighted by atomic mass is 10.1. The lowest BCUT2D eigenvalue weighted by Crippen LogP contribution is -2.25. The maximum Gasteiger partial charge on any atom is 0.358 e. The minimum atomic E-state index is -1.11. The summed E-state index contributed by atoms with van der Waals surface area (Å²) in [6, 6.07) is 22.8. The molecule has 1 amide bonds. The van der Waals surface area contributed by atoms with Crippen molar-refractivity contribution >= 4 is 23.5 Å². The number of esters is 2. The first-order valence-corrected chi connectivity index (χ1v) is 11.3. The number of carbonyl (C=O) groups is 3. The van der Waals surface area contributed by atoms with E-state index in [-0.39, 0.29) is 12.3 Å². The molecule has 1 atom stereocenters. The second-order valence-corrected chi connectivity index (χ2v) is 7.71. The van der Waals surface area contributed by atoms with Gasteiger partial charge in [-0.05, 0) is 37.3 Å². The fraction of sp³-hybridized carbons (Fsp3) is 0.148. The third-order valence-corrected chi connectivity index (χ3v) is 5.11. The molecule has 0 bridgehead atoms. The van der Waals surface area contributed by atoms with E-state index in [1.165, 1.54) is 6.92 Å². The Morgan fingerprint density at radius 2 is 1.75 bits per heavy atom. The molecule has 2 heterocycles. The Hall–Kier alpha value is -4.79. The highest BCUT2D eigenvalue weighted by atomic mass is 16.5. The molecule has 0 unspecified atom stereocenters. The largest absolute Gasteiger partial charge is 0.461 e. The molecule has 0 saturated heterocycles. The Bertz CT molecular complexity index is 1370. The van der Waals surface area contributed by atoms with Crippen LogP contribution in [0.4, 0.5) is 5.69 Å². The molecular formula is C27H24N4O5. The number of hydrogen-bond acceptors (Lipinski definition) is 7. The highest BCUT2D eigenvalue weighted by Crippen LogP contribution is 2.27. The van der Waals surface area contributed by atoms with Crippen LogP contribution in [0.25, 0.3) is 17.1 Å². The summed E-state index contributed by atoms with van der Waals surface area (Å²) in [7, 11) is 0. The number of nitrogens with zero attached hydrogens (tertiary/aromatic N) is 3. The van der Waals surface area contributed by atoms with Crippen molar-refractivity contribution in [3.05, 3.63) is 96.3 Å². The molecule has 0 fully saturated rings. The van der Waals surface area contributed by atoms with Gasteiger partial charge in [-0.2, -0.15) is 5.10 Å². The van der Waals surface area contributed by atoms with Gasteiger partial charge in [-0.25, -0.2) is 14.5 Å². The molecule has 2 aromatic heterocycles. The summed E-state index contributed by atoms with van der Waals surface area (Å²) in [4.78, 5) is 41.4. The molecule has 0 aliphatic carbocycles. The number of ether oxygens (including phenoxy) is 2. The number of carbonyl (C=O) groups excluding carboxylic acids is 3. The summed E-state index contributed by atoms with van der Waals surface area (Å²) in [5, 5.41) is 7.21. The molecule has 0 radical (unpaired) electrons. The molecular weight excluding hydrogens is 460 g/mol. The van der Waals surface area contributed by atoms with Gasteiger partial charge in [-0.1, -0.05) is 48.5 Å². The van der Waals surface area contributed by atoms with Crippen LogP contribution in [0, 0.1) is 0 Å². The van der Waals surface area contributed by atoms with Gasteiger partial charge in [0.15, 0.2) is 11.5 Å². The average Bonchev–Trinajstić information content (AvgIpc) is 3.34. The van der Waals surface area contributed by atoms with Crippen molar-refractivity contribution in [1.29, 1.82) is 0 Å². The number of amides is 1. The summed E-state index contributed by atoms with van der Waals surface area (Å²) >= 11 is 0. The molecule has 4 aromatic rings. The molecule has 9 heteroatoms. The zero-order chi connectivity index (χ0) is 25.5. The Balaban J connectivity index is 1.67. The van der Waals surface area contributed by atoms with Crippen LogP contribution in [-0.4, -0.2) is 39.2 Å². The predicted octanol–water partition coefficient (Wildman–Crippen LogP) is 4.35. The van der Waals surface area contributed by atoms with Crippen LogP contribution in [0.1, 0.15) is 36.0 Å². The first-order chi connectivity index (χ1) is 17.5. The molecule has 0 aliphatic heterocycles. The molecule has 0 spiro atoms. The van der Waals surface area contributed by atoms with Gasteiger partial charge in [0.05, 0.1) is 12.3 Å². The van der Waals surface area contributed by atoms with Crippen LogP contribution < -0.4 is 5.32 Å². The Morgan fingerprint density at radius 3 is 2.44 bits per heavy atom. The van der Waals surface area contributed by atoms with E-state index < -0.39 is 23.9 Å². The maximum atomic E-state index is 13.1. The second kappa shape index (κ2) is 11.1. The first kappa shape index (κ1) is 24.3. The molecule has 2 aromatic carbocycles. The van der Waals surface area contributed by atoms with Crippen LogP contribution in [0.3, 0.4) is 0 Å². The Kier molecular flexibility index (Phi) is 7.50. The molecule has 9 nitrogen and oxygen atoms in total. The van der Waals surface area contributed by atoms with Gasteiger partial charge in [0.1, 0.15) is 0 Å². The van der Waals surface area contributed by atoms with Crippen molar-refractivity contribution < 1.29 is 23.9 Å². The van der Waals surface area contributed by atoms with E-state index in [9.17, 15) is 14.4 Å². The van der Waals surface area contributed by atoms with E-state index in [1.54, 1.807) is 78.5 Å². The number of pyridine rings is 1. The van der Waals surface area contributed by atoms with Gasteiger partial charge in [0, 0.05) is 29.9 Å². The van der Waals surface area contributed by atoms with Crippen LogP contribution in [0.15, 0.2) is 85.1 Å².